The number of anilines is 1. The van der Waals surface area contributed by atoms with E-state index in [0.29, 0.717) is 35.2 Å². The Bertz CT molecular complexity index is 838. The molecule has 0 aliphatic rings. The molecule has 2 rings (SSSR count). The van der Waals surface area contributed by atoms with Crippen molar-refractivity contribution in [1.29, 1.82) is 0 Å². The van der Waals surface area contributed by atoms with Gasteiger partial charge in [0, 0.05) is 11.4 Å². The van der Waals surface area contributed by atoms with E-state index >= 15 is 0 Å². The minimum absolute atomic E-state index is 0.160. The van der Waals surface area contributed by atoms with Gasteiger partial charge >= 0.3 is 5.97 Å². The molecule has 0 fully saturated rings. The monoisotopic (exact) mass is 405 g/mol. The first-order valence-electron chi connectivity index (χ1n) is 8.88. The van der Waals surface area contributed by atoms with Crippen molar-refractivity contribution in [2.24, 2.45) is 0 Å². The fourth-order valence-corrected chi connectivity index (χ4v) is 2.56. The predicted octanol–water partition coefficient (Wildman–Crippen LogP) is 4.31. The summed E-state index contributed by atoms with van der Waals surface area (Å²) in [6.45, 7) is 3.81. The molecule has 7 heteroatoms. The van der Waals surface area contributed by atoms with E-state index in [1.807, 2.05) is 26.0 Å². The number of hydrogen-bond donors (Lipinski definition) is 1. The van der Waals surface area contributed by atoms with Crippen molar-refractivity contribution in [2.75, 3.05) is 25.6 Å². The van der Waals surface area contributed by atoms with Gasteiger partial charge in [0.25, 0.3) is 5.91 Å². The molecule has 0 saturated heterocycles. The van der Waals surface area contributed by atoms with Crippen molar-refractivity contribution in [3.05, 3.63) is 52.5 Å². The van der Waals surface area contributed by atoms with E-state index < -0.39 is 11.9 Å². The molecule has 0 heterocycles. The van der Waals surface area contributed by atoms with Crippen molar-refractivity contribution in [1.82, 2.24) is 0 Å². The summed E-state index contributed by atoms with van der Waals surface area (Å²) in [7, 11) is 1.52. The molecule has 1 amide bonds. The maximum atomic E-state index is 12.0. The van der Waals surface area contributed by atoms with Gasteiger partial charge in [0.15, 0.2) is 6.61 Å². The molecular weight excluding hydrogens is 382 g/mol. The van der Waals surface area contributed by atoms with Crippen LogP contribution in [-0.2, 0) is 14.3 Å². The van der Waals surface area contributed by atoms with Gasteiger partial charge in [-0.2, -0.15) is 0 Å². The van der Waals surface area contributed by atoms with Gasteiger partial charge in [0.2, 0.25) is 0 Å². The highest BCUT2D eigenvalue weighted by molar-refractivity contribution is 6.31. The second kappa shape index (κ2) is 10.6. The van der Waals surface area contributed by atoms with Crippen LogP contribution in [0.3, 0.4) is 0 Å². The number of halogens is 1. The smallest absolute Gasteiger partial charge is 0.306 e. The minimum Gasteiger partial charge on any atom is -0.495 e. The Morgan fingerprint density at radius 2 is 1.89 bits per heavy atom. The summed E-state index contributed by atoms with van der Waals surface area (Å²) in [5, 5.41) is 3.36. The van der Waals surface area contributed by atoms with Gasteiger partial charge in [-0.1, -0.05) is 17.7 Å². The average Bonchev–Trinajstić information content (AvgIpc) is 2.66. The van der Waals surface area contributed by atoms with Crippen LogP contribution >= 0.6 is 11.6 Å². The molecule has 0 unspecified atom stereocenters. The first-order valence-corrected chi connectivity index (χ1v) is 9.26. The van der Waals surface area contributed by atoms with E-state index in [1.165, 1.54) is 7.11 Å². The van der Waals surface area contributed by atoms with Crippen LogP contribution in [0.2, 0.25) is 5.02 Å². The zero-order valence-corrected chi connectivity index (χ0v) is 17.0. The maximum absolute atomic E-state index is 12.0. The van der Waals surface area contributed by atoms with Crippen LogP contribution in [0.4, 0.5) is 5.69 Å². The molecule has 0 spiro atoms. The average molecular weight is 406 g/mol. The molecule has 150 valence electrons. The van der Waals surface area contributed by atoms with Gasteiger partial charge in [0.1, 0.15) is 11.5 Å². The highest BCUT2D eigenvalue weighted by atomic mass is 35.5. The topological polar surface area (TPSA) is 73.9 Å². The van der Waals surface area contributed by atoms with Crippen LogP contribution in [0.5, 0.6) is 11.5 Å². The molecule has 0 aromatic heterocycles. The van der Waals surface area contributed by atoms with E-state index in [1.54, 1.807) is 24.3 Å². The lowest BCUT2D eigenvalue weighted by Gasteiger charge is -2.11. The molecule has 0 atom stereocenters. The van der Waals surface area contributed by atoms with Crippen molar-refractivity contribution < 1.29 is 23.8 Å². The summed E-state index contributed by atoms with van der Waals surface area (Å²) in [5.41, 5.74) is 2.44. The zero-order chi connectivity index (χ0) is 20.5. The van der Waals surface area contributed by atoms with Crippen LogP contribution in [0.1, 0.15) is 24.0 Å². The van der Waals surface area contributed by atoms with Crippen molar-refractivity contribution in [2.45, 2.75) is 26.7 Å². The minimum atomic E-state index is -0.456. The third-order valence-electron chi connectivity index (χ3n) is 3.92. The molecule has 0 aliphatic heterocycles. The predicted molar refractivity (Wildman–Crippen MR) is 108 cm³/mol. The van der Waals surface area contributed by atoms with Gasteiger partial charge < -0.3 is 19.5 Å². The fraction of sp³-hybridized carbons (Fsp3) is 0.333. The van der Waals surface area contributed by atoms with Gasteiger partial charge in [0.05, 0.1) is 19.4 Å². The lowest BCUT2D eigenvalue weighted by Crippen LogP contribution is -2.21. The lowest BCUT2D eigenvalue weighted by atomic mass is 10.2. The first kappa shape index (κ1) is 21.6. The molecule has 1 N–H and O–H groups in total. The second-order valence-corrected chi connectivity index (χ2v) is 6.68. The number of methoxy groups -OCH3 is 1. The quantitative estimate of drug-likeness (QED) is 0.497. The van der Waals surface area contributed by atoms with Crippen molar-refractivity contribution in [3.8, 4) is 11.5 Å². The largest absolute Gasteiger partial charge is 0.495 e. The third-order valence-corrected chi connectivity index (χ3v) is 4.34. The van der Waals surface area contributed by atoms with Gasteiger partial charge in [-0.25, -0.2) is 0 Å². The van der Waals surface area contributed by atoms with Crippen molar-refractivity contribution in [3.63, 3.8) is 0 Å². The highest BCUT2D eigenvalue weighted by Gasteiger charge is 2.11. The van der Waals surface area contributed by atoms with Crippen LogP contribution < -0.4 is 14.8 Å². The lowest BCUT2D eigenvalue weighted by molar-refractivity contribution is -0.147. The Morgan fingerprint density at radius 1 is 1.11 bits per heavy atom. The number of hydrogen-bond acceptors (Lipinski definition) is 5. The highest BCUT2D eigenvalue weighted by Crippen LogP contribution is 2.25. The van der Waals surface area contributed by atoms with Gasteiger partial charge in [-0.15, -0.1) is 0 Å². The Balaban J connectivity index is 1.68. The van der Waals surface area contributed by atoms with Gasteiger partial charge in [-0.3, -0.25) is 9.59 Å². The number of aryl methyl sites for hydroxylation is 2. The van der Waals surface area contributed by atoms with E-state index in [4.69, 9.17) is 25.8 Å². The number of ether oxygens (including phenoxy) is 3. The normalized spacial score (nSPS) is 10.3. The number of amides is 1. The Hall–Kier alpha value is -2.73. The molecule has 2 aromatic rings. The molecular formula is C21H24ClNO5. The summed E-state index contributed by atoms with van der Waals surface area (Å²) in [6, 6.07) is 10.8. The first-order chi connectivity index (χ1) is 13.4. The van der Waals surface area contributed by atoms with Crippen LogP contribution in [-0.4, -0.2) is 32.2 Å². The Labute approximate surface area is 169 Å². The number of carbonyl (C=O) groups excluding carboxylic acids is 2. The molecule has 0 aliphatic carbocycles. The Kier molecular flexibility index (Phi) is 8.14. The van der Waals surface area contributed by atoms with E-state index in [0.717, 1.165) is 11.1 Å². The number of esters is 1. The number of nitrogens with one attached hydrogen (secondary N) is 1. The Morgan fingerprint density at radius 3 is 2.61 bits per heavy atom. The number of rotatable bonds is 9. The van der Waals surface area contributed by atoms with E-state index in [-0.39, 0.29) is 13.0 Å². The summed E-state index contributed by atoms with van der Waals surface area (Å²) in [6.07, 6.45) is 0.640. The molecule has 0 saturated carbocycles. The number of benzene rings is 2. The van der Waals surface area contributed by atoms with Crippen molar-refractivity contribution >= 4 is 29.2 Å². The summed E-state index contributed by atoms with van der Waals surface area (Å²) < 4.78 is 15.8. The summed E-state index contributed by atoms with van der Waals surface area (Å²) in [4.78, 5) is 23.8. The van der Waals surface area contributed by atoms with Gasteiger partial charge in [-0.05, 0) is 61.7 Å². The standard InChI is InChI=1S/C21H24ClNO5/c1-14-6-9-19(26-3)18(11-14)23-20(24)13-28-21(25)5-4-10-27-16-7-8-17(22)15(2)12-16/h6-9,11-12H,4-5,10,13H2,1-3H3,(H,23,24). The fourth-order valence-electron chi connectivity index (χ4n) is 2.44. The molecule has 28 heavy (non-hydrogen) atoms. The molecule has 0 bridgehead atoms. The maximum Gasteiger partial charge on any atom is 0.306 e. The summed E-state index contributed by atoms with van der Waals surface area (Å²) in [5.74, 6) is 0.356. The van der Waals surface area contributed by atoms with Crippen LogP contribution in [0.25, 0.3) is 0 Å². The molecule has 2 aromatic carbocycles. The van der Waals surface area contributed by atoms with E-state index in [2.05, 4.69) is 5.32 Å². The SMILES string of the molecule is COc1ccc(C)cc1NC(=O)COC(=O)CCCOc1ccc(Cl)c(C)c1. The van der Waals surface area contributed by atoms with E-state index in [9.17, 15) is 9.59 Å². The molecule has 6 nitrogen and oxygen atoms in total. The number of carbonyl (C=O) groups is 2. The summed E-state index contributed by atoms with van der Waals surface area (Å²) >= 11 is 5.96. The zero-order valence-electron chi connectivity index (χ0n) is 16.2. The molecule has 0 radical (unpaired) electrons. The second-order valence-electron chi connectivity index (χ2n) is 6.28. The van der Waals surface area contributed by atoms with Crippen LogP contribution in [0.15, 0.2) is 36.4 Å². The third kappa shape index (κ3) is 6.78. The van der Waals surface area contributed by atoms with Crippen LogP contribution in [0, 0.1) is 13.8 Å².